The van der Waals surface area contributed by atoms with Crippen molar-refractivity contribution in [1.29, 1.82) is 0 Å². The highest BCUT2D eigenvalue weighted by Gasteiger charge is 2.31. The summed E-state index contributed by atoms with van der Waals surface area (Å²) in [6.07, 6.45) is 2.22. The Hall–Kier alpha value is -1.54. The first-order chi connectivity index (χ1) is 13.5. The van der Waals surface area contributed by atoms with Crippen LogP contribution in [0.1, 0.15) is 24.6 Å². The van der Waals surface area contributed by atoms with Crippen LogP contribution in [-0.2, 0) is 9.84 Å². The number of benzene rings is 2. The maximum Gasteiger partial charge on any atom is 0.195 e. The van der Waals surface area contributed by atoms with Gasteiger partial charge in [0.2, 0.25) is 0 Å². The van der Waals surface area contributed by atoms with Crippen LogP contribution in [0.3, 0.4) is 0 Å². The molecule has 0 unspecified atom stereocenters. The van der Waals surface area contributed by atoms with E-state index in [1.165, 1.54) is 23.9 Å². The quantitative estimate of drug-likeness (QED) is 0.469. The molecule has 1 aromatic heterocycles. The highest BCUT2D eigenvalue weighted by atomic mass is 35.5. The number of sulfone groups is 1. The van der Waals surface area contributed by atoms with E-state index >= 15 is 0 Å². The fraction of sp³-hybridized carbons (Fsp3) is 0.263. The van der Waals surface area contributed by atoms with Crippen molar-refractivity contribution in [2.24, 2.45) is 0 Å². The van der Waals surface area contributed by atoms with Crippen LogP contribution in [0.5, 0.6) is 0 Å². The number of hydrogen-bond acceptors (Lipinski definition) is 5. The van der Waals surface area contributed by atoms with Crippen molar-refractivity contribution in [1.82, 2.24) is 14.8 Å². The van der Waals surface area contributed by atoms with Crippen molar-refractivity contribution in [2.45, 2.75) is 28.8 Å². The zero-order valence-electron chi connectivity index (χ0n) is 14.8. The number of rotatable bonds is 7. The molecule has 4 rings (SSSR count). The molecule has 0 spiro atoms. The number of hydrogen-bond donors (Lipinski definition) is 0. The Morgan fingerprint density at radius 3 is 2.54 bits per heavy atom. The Morgan fingerprint density at radius 1 is 1.07 bits per heavy atom. The van der Waals surface area contributed by atoms with Gasteiger partial charge in [0.1, 0.15) is 5.82 Å². The van der Waals surface area contributed by atoms with Gasteiger partial charge in [0.15, 0.2) is 15.0 Å². The van der Waals surface area contributed by atoms with Gasteiger partial charge in [-0.1, -0.05) is 53.2 Å². The molecule has 0 bridgehead atoms. The summed E-state index contributed by atoms with van der Waals surface area (Å²) in [7, 11) is -3.55. The van der Waals surface area contributed by atoms with Gasteiger partial charge < -0.3 is 0 Å². The van der Waals surface area contributed by atoms with Crippen LogP contribution in [0.25, 0.3) is 5.69 Å². The highest BCUT2D eigenvalue weighted by molar-refractivity contribution is 8.00. The normalized spacial score (nSPS) is 14.4. The number of thioether (sulfide) groups is 1. The minimum atomic E-state index is -3.55. The smallest absolute Gasteiger partial charge is 0.195 e. The lowest BCUT2D eigenvalue weighted by Crippen LogP contribution is -2.10. The Bertz CT molecular complexity index is 1100. The van der Waals surface area contributed by atoms with Gasteiger partial charge in [-0.05, 0) is 43.2 Å². The first-order valence-electron chi connectivity index (χ1n) is 8.77. The van der Waals surface area contributed by atoms with Crippen LogP contribution in [0, 0.1) is 0 Å². The number of nitrogens with zero attached hydrogens (tertiary/aromatic N) is 3. The van der Waals surface area contributed by atoms with Crippen molar-refractivity contribution in [2.75, 3.05) is 11.5 Å². The average Bonchev–Trinajstić information content (AvgIpc) is 3.44. The summed E-state index contributed by atoms with van der Waals surface area (Å²) in [5.74, 6) is 1.63. The molecule has 0 amide bonds. The summed E-state index contributed by atoms with van der Waals surface area (Å²) >= 11 is 13.4. The topological polar surface area (TPSA) is 64.8 Å². The lowest BCUT2D eigenvalue weighted by atomic mass is 10.3. The van der Waals surface area contributed by atoms with Gasteiger partial charge in [-0.3, -0.25) is 4.57 Å². The van der Waals surface area contributed by atoms with Gasteiger partial charge in [-0.2, -0.15) is 0 Å². The third kappa shape index (κ3) is 4.22. The summed E-state index contributed by atoms with van der Waals surface area (Å²) in [5, 5.41) is 9.88. The first kappa shape index (κ1) is 19.8. The van der Waals surface area contributed by atoms with Gasteiger partial charge in [0.05, 0.1) is 15.7 Å². The minimum Gasteiger partial charge on any atom is -0.274 e. The SMILES string of the molecule is O=S(=O)(CCSc1nnc(C2CC2)n1-c1ccccc1)c1cc(Cl)ccc1Cl. The van der Waals surface area contributed by atoms with Crippen molar-refractivity contribution < 1.29 is 8.42 Å². The maximum absolute atomic E-state index is 12.7. The lowest BCUT2D eigenvalue weighted by Gasteiger charge is -2.10. The predicted molar refractivity (Wildman–Crippen MR) is 113 cm³/mol. The van der Waals surface area contributed by atoms with Crippen LogP contribution < -0.4 is 0 Å². The first-order valence-corrected chi connectivity index (χ1v) is 12.2. The third-order valence-electron chi connectivity index (χ3n) is 4.43. The Balaban J connectivity index is 1.54. The molecule has 9 heteroatoms. The van der Waals surface area contributed by atoms with Gasteiger partial charge in [-0.15, -0.1) is 10.2 Å². The highest BCUT2D eigenvalue weighted by Crippen LogP contribution is 2.41. The third-order valence-corrected chi connectivity index (χ3v) is 8.04. The number of aromatic nitrogens is 3. The fourth-order valence-corrected chi connectivity index (χ4v) is 6.29. The van der Waals surface area contributed by atoms with Crippen LogP contribution in [0.15, 0.2) is 58.6 Å². The maximum atomic E-state index is 12.7. The molecule has 3 aromatic rings. The molecular weight excluding hydrogens is 437 g/mol. The molecule has 1 saturated carbocycles. The van der Waals surface area contributed by atoms with E-state index in [4.69, 9.17) is 23.2 Å². The molecule has 5 nitrogen and oxygen atoms in total. The Labute approximate surface area is 178 Å². The minimum absolute atomic E-state index is 0.0606. The Kier molecular flexibility index (Phi) is 5.69. The molecule has 0 radical (unpaired) electrons. The molecule has 1 fully saturated rings. The molecule has 0 aliphatic heterocycles. The molecule has 1 aliphatic rings. The standard InChI is InChI=1S/C19H17Cl2N3O2S2/c20-14-8-9-16(21)17(12-14)28(25,26)11-10-27-19-23-22-18(13-6-7-13)24(19)15-4-2-1-3-5-15/h1-5,8-9,12-13H,6-7,10-11H2. The summed E-state index contributed by atoms with van der Waals surface area (Å²) in [5.41, 5.74) is 0.984. The monoisotopic (exact) mass is 453 g/mol. The van der Waals surface area contributed by atoms with Gasteiger partial charge >= 0.3 is 0 Å². The van der Waals surface area contributed by atoms with Crippen LogP contribution in [0.4, 0.5) is 0 Å². The Morgan fingerprint density at radius 2 is 1.82 bits per heavy atom. The van der Waals surface area contributed by atoms with Crippen molar-refractivity contribution in [3.63, 3.8) is 0 Å². The zero-order valence-corrected chi connectivity index (χ0v) is 17.9. The zero-order chi connectivity index (χ0) is 19.7. The van der Waals surface area contributed by atoms with E-state index in [2.05, 4.69) is 10.2 Å². The van der Waals surface area contributed by atoms with Gasteiger partial charge in [-0.25, -0.2) is 8.42 Å². The van der Waals surface area contributed by atoms with E-state index in [1.54, 1.807) is 6.07 Å². The second-order valence-electron chi connectivity index (χ2n) is 6.53. The molecule has 1 heterocycles. The average molecular weight is 454 g/mol. The molecule has 146 valence electrons. The van der Waals surface area contributed by atoms with E-state index < -0.39 is 9.84 Å². The lowest BCUT2D eigenvalue weighted by molar-refractivity contribution is 0.597. The molecule has 0 N–H and O–H groups in total. The molecule has 28 heavy (non-hydrogen) atoms. The van der Waals surface area contributed by atoms with E-state index in [9.17, 15) is 8.42 Å². The van der Waals surface area contributed by atoms with Crippen molar-refractivity contribution in [3.05, 3.63) is 64.4 Å². The second kappa shape index (κ2) is 8.06. The van der Waals surface area contributed by atoms with Crippen molar-refractivity contribution in [3.8, 4) is 5.69 Å². The molecular formula is C19H17Cl2N3O2S2. The fourth-order valence-electron chi connectivity index (χ4n) is 2.87. The van der Waals surface area contributed by atoms with E-state index in [-0.39, 0.29) is 15.7 Å². The second-order valence-corrected chi connectivity index (χ2v) is 10.5. The van der Waals surface area contributed by atoms with E-state index in [0.29, 0.717) is 21.8 Å². The summed E-state index contributed by atoms with van der Waals surface area (Å²) in [4.78, 5) is 0.0606. The van der Waals surface area contributed by atoms with E-state index in [0.717, 1.165) is 24.4 Å². The predicted octanol–water partition coefficient (Wildman–Crippen LogP) is 5.02. The number of halogens is 2. The summed E-state index contributed by atoms with van der Waals surface area (Å²) in [6.45, 7) is 0. The van der Waals surface area contributed by atoms with Crippen LogP contribution in [0.2, 0.25) is 10.0 Å². The van der Waals surface area contributed by atoms with Gasteiger partial charge in [0.25, 0.3) is 0 Å². The van der Waals surface area contributed by atoms with Crippen molar-refractivity contribution >= 4 is 44.8 Å². The van der Waals surface area contributed by atoms with E-state index in [1.807, 2.05) is 34.9 Å². The van der Waals surface area contributed by atoms with Crippen LogP contribution >= 0.6 is 35.0 Å². The molecule has 0 atom stereocenters. The molecule has 0 saturated heterocycles. The largest absolute Gasteiger partial charge is 0.274 e. The molecule has 1 aliphatic carbocycles. The number of para-hydroxylation sites is 1. The molecule has 2 aromatic carbocycles. The summed E-state index contributed by atoms with van der Waals surface area (Å²) < 4.78 is 27.4. The summed E-state index contributed by atoms with van der Waals surface area (Å²) in [6, 6.07) is 14.3. The van der Waals surface area contributed by atoms with Gasteiger partial charge in [0, 0.05) is 22.4 Å². The van der Waals surface area contributed by atoms with Crippen LogP contribution in [-0.4, -0.2) is 34.7 Å².